The number of hydrogen-bond donors (Lipinski definition) is 1. The third kappa shape index (κ3) is 4.46. The molecule has 0 atom stereocenters. The molecule has 0 fully saturated rings. The lowest BCUT2D eigenvalue weighted by molar-refractivity contribution is -0.137. The number of rotatable bonds is 6. The molecule has 3 aromatic heterocycles. The van der Waals surface area contributed by atoms with Crippen molar-refractivity contribution in [1.29, 1.82) is 0 Å². The summed E-state index contributed by atoms with van der Waals surface area (Å²) in [6.07, 6.45) is -1.87. The molecule has 0 saturated heterocycles. The maximum Gasteiger partial charge on any atom is 0.417 e. The van der Waals surface area contributed by atoms with Crippen molar-refractivity contribution in [1.82, 2.24) is 19.5 Å². The Hall–Kier alpha value is -2.82. The summed E-state index contributed by atoms with van der Waals surface area (Å²) < 4.78 is 50.8. The van der Waals surface area contributed by atoms with Gasteiger partial charge in [-0.15, -0.1) is 0 Å². The second kappa shape index (κ2) is 8.37. The molecule has 0 radical (unpaired) electrons. The van der Waals surface area contributed by atoms with E-state index in [9.17, 15) is 13.2 Å². The molecule has 7 nitrogen and oxygen atoms in total. The first kappa shape index (κ1) is 21.4. The highest BCUT2D eigenvalue weighted by Crippen LogP contribution is 2.34. The number of ether oxygens (including phenoxy) is 1. The van der Waals surface area contributed by atoms with Crippen LogP contribution in [0.3, 0.4) is 0 Å². The standard InChI is InChI=1S/C19H13Cl2F3N4O3/c20-13-7-11(30-5-1-4-29)2-3-12(13)16-26-18(31-27-16)15-9-28-8-10(19(22,23)24)6-14(21)17(28)25-15/h2-3,6-9,29H,1,4-5H2. The molecule has 0 spiro atoms. The summed E-state index contributed by atoms with van der Waals surface area (Å²) in [5.74, 6) is 0.671. The van der Waals surface area contributed by atoms with Gasteiger partial charge in [0.05, 0.1) is 22.2 Å². The monoisotopic (exact) mass is 472 g/mol. The van der Waals surface area contributed by atoms with Gasteiger partial charge < -0.3 is 18.8 Å². The third-order valence-electron chi connectivity index (χ3n) is 4.23. The number of imidazole rings is 1. The molecule has 3 heterocycles. The first-order valence-corrected chi connectivity index (χ1v) is 9.65. The predicted octanol–water partition coefficient (Wildman–Crippen LogP) is 5.14. The number of fused-ring (bicyclic) bond motifs is 1. The van der Waals surface area contributed by atoms with Crippen LogP contribution in [0, 0.1) is 0 Å². The van der Waals surface area contributed by atoms with Gasteiger partial charge in [0, 0.05) is 31.0 Å². The number of pyridine rings is 1. The Bertz CT molecular complexity index is 1240. The van der Waals surface area contributed by atoms with Gasteiger partial charge in [0.1, 0.15) is 11.4 Å². The van der Waals surface area contributed by atoms with E-state index < -0.39 is 11.7 Å². The molecule has 4 rings (SSSR count). The van der Waals surface area contributed by atoms with Crippen LogP contribution in [0.4, 0.5) is 13.2 Å². The average molecular weight is 473 g/mol. The van der Waals surface area contributed by atoms with Gasteiger partial charge in [-0.25, -0.2) is 4.98 Å². The van der Waals surface area contributed by atoms with Crippen LogP contribution < -0.4 is 4.74 Å². The first-order chi connectivity index (χ1) is 14.8. The topological polar surface area (TPSA) is 85.7 Å². The minimum absolute atomic E-state index is 0.0114. The predicted molar refractivity (Wildman–Crippen MR) is 106 cm³/mol. The van der Waals surface area contributed by atoms with E-state index in [0.717, 1.165) is 16.7 Å². The van der Waals surface area contributed by atoms with E-state index in [0.29, 0.717) is 29.4 Å². The number of nitrogens with zero attached hydrogens (tertiary/aromatic N) is 4. The highest BCUT2D eigenvalue weighted by atomic mass is 35.5. The summed E-state index contributed by atoms with van der Waals surface area (Å²) in [5.41, 5.74) is -0.174. The van der Waals surface area contributed by atoms with Crippen molar-refractivity contribution >= 4 is 28.8 Å². The molecule has 0 aliphatic carbocycles. The molecule has 0 bridgehead atoms. The van der Waals surface area contributed by atoms with Gasteiger partial charge in [0.25, 0.3) is 5.89 Å². The minimum atomic E-state index is -4.55. The fourth-order valence-electron chi connectivity index (χ4n) is 2.77. The Morgan fingerprint density at radius 2 is 1.90 bits per heavy atom. The van der Waals surface area contributed by atoms with E-state index in [-0.39, 0.29) is 34.7 Å². The number of halogens is 5. The smallest absolute Gasteiger partial charge is 0.417 e. The lowest BCUT2D eigenvalue weighted by atomic mass is 10.2. The van der Waals surface area contributed by atoms with Crippen molar-refractivity contribution in [3.8, 4) is 28.7 Å². The molecule has 1 N–H and O–H groups in total. The zero-order valence-corrected chi connectivity index (χ0v) is 17.0. The molecule has 1 aromatic carbocycles. The summed E-state index contributed by atoms with van der Waals surface area (Å²) in [7, 11) is 0. The number of aliphatic hydroxyl groups excluding tert-OH is 1. The van der Waals surface area contributed by atoms with E-state index in [1.807, 2.05) is 0 Å². The quantitative estimate of drug-likeness (QED) is 0.391. The number of aliphatic hydroxyl groups is 1. The number of benzene rings is 1. The van der Waals surface area contributed by atoms with Crippen LogP contribution in [0.25, 0.3) is 28.6 Å². The first-order valence-electron chi connectivity index (χ1n) is 8.89. The second-order valence-electron chi connectivity index (χ2n) is 6.42. The Morgan fingerprint density at radius 3 is 2.61 bits per heavy atom. The molecule has 0 aliphatic heterocycles. The van der Waals surface area contributed by atoms with E-state index in [1.165, 1.54) is 6.20 Å². The molecule has 162 valence electrons. The second-order valence-corrected chi connectivity index (χ2v) is 7.24. The Labute approximate surface area is 183 Å². The van der Waals surface area contributed by atoms with E-state index in [4.69, 9.17) is 37.6 Å². The Kier molecular flexibility index (Phi) is 5.78. The molecule has 31 heavy (non-hydrogen) atoms. The van der Waals surface area contributed by atoms with Crippen molar-refractivity contribution in [2.75, 3.05) is 13.2 Å². The van der Waals surface area contributed by atoms with E-state index in [2.05, 4.69) is 15.1 Å². The van der Waals surface area contributed by atoms with Gasteiger partial charge in [-0.1, -0.05) is 28.4 Å². The molecule has 0 unspecified atom stereocenters. The van der Waals surface area contributed by atoms with Gasteiger partial charge in [-0.3, -0.25) is 0 Å². The summed E-state index contributed by atoms with van der Waals surface area (Å²) in [6.45, 7) is 0.355. The molecule has 4 aromatic rings. The normalized spacial score (nSPS) is 11.9. The fraction of sp³-hybridized carbons (Fsp3) is 0.211. The van der Waals surface area contributed by atoms with Crippen molar-refractivity contribution < 1.29 is 27.5 Å². The van der Waals surface area contributed by atoms with Crippen LogP contribution in [0.5, 0.6) is 5.75 Å². The van der Waals surface area contributed by atoms with Gasteiger partial charge in [-0.05, 0) is 24.3 Å². The van der Waals surface area contributed by atoms with Crippen LogP contribution >= 0.6 is 23.2 Å². The molecule has 0 saturated carbocycles. The number of hydrogen-bond acceptors (Lipinski definition) is 6. The summed E-state index contributed by atoms with van der Waals surface area (Å²) in [6, 6.07) is 5.68. The van der Waals surface area contributed by atoms with Crippen LogP contribution in [-0.4, -0.2) is 37.8 Å². The summed E-state index contributed by atoms with van der Waals surface area (Å²) >= 11 is 12.2. The molecular weight excluding hydrogens is 460 g/mol. The maximum atomic E-state index is 13.0. The molecule has 0 amide bonds. The van der Waals surface area contributed by atoms with Crippen LogP contribution in [0.15, 0.2) is 41.2 Å². The SMILES string of the molecule is OCCCOc1ccc(-c2noc(-c3cn4cc(C(F)(F)F)cc(Cl)c4n3)n2)c(Cl)c1. The van der Waals surface area contributed by atoms with Crippen molar-refractivity contribution in [3.63, 3.8) is 0 Å². The highest BCUT2D eigenvalue weighted by molar-refractivity contribution is 6.33. The number of alkyl halides is 3. The van der Waals surface area contributed by atoms with Crippen LogP contribution in [-0.2, 0) is 6.18 Å². The summed E-state index contributed by atoms with van der Waals surface area (Å²) in [4.78, 5) is 8.42. The Balaban J connectivity index is 1.63. The maximum absolute atomic E-state index is 13.0. The van der Waals surface area contributed by atoms with E-state index in [1.54, 1.807) is 18.2 Å². The lowest BCUT2D eigenvalue weighted by Gasteiger charge is -2.07. The van der Waals surface area contributed by atoms with Gasteiger partial charge in [-0.2, -0.15) is 18.2 Å². The van der Waals surface area contributed by atoms with E-state index >= 15 is 0 Å². The molecule has 12 heteroatoms. The van der Waals surface area contributed by atoms with Crippen molar-refractivity contribution in [2.45, 2.75) is 12.6 Å². The van der Waals surface area contributed by atoms with Crippen LogP contribution in [0.2, 0.25) is 10.0 Å². The third-order valence-corrected chi connectivity index (χ3v) is 4.82. The molecular formula is C19H13Cl2F3N4O3. The van der Waals surface area contributed by atoms with Crippen molar-refractivity contribution in [2.24, 2.45) is 0 Å². The van der Waals surface area contributed by atoms with Gasteiger partial charge in [0.2, 0.25) is 5.82 Å². The largest absolute Gasteiger partial charge is 0.493 e. The highest BCUT2D eigenvalue weighted by Gasteiger charge is 2.32. The average Bonchev–Trinajstić information content (AvgIpc) is 3.35. The zero-order valence-electron chi connectivity index (χ0n) is 15.5. The van der Waals surface area contributed by atoms with Gasteiger partial charge in [0.15, 0.2) is 5.65 Å². The fourth-order valence-corrected chi connectivity index (χ4v) is 3.29. The molecule has 0 aliphatic rings. The Morgan fingerprint density at radius 1 is 1.10 bits per heavy atom. The van der Waals surface area contributed by atoms with Crippen molar-refractivity contribution in [3.05, 3.63) is 52.3 Å². The summed E-state index contributed by atoms with van der Waals surface area (Å²) in [5, 5.41) is 12.8. The van der Waals surface area contributed by atoms with Crippen LogP contribution in [0.1, 0.15) is 12.0 Å². The number of aromatic nitrogens is 4. The minimum Gasteiger partial charge on any atom is -0.493 e. The zero-order chi connectivity index (χ0) is 22.2. The lowest BCUT2D eigenvalue weighted by Crippen LogP contribution is -2.06. The van der Waals surface area contributed by atoms with Gasteiger partial charge >= 0.3 is 6.18 Å².